The van der Waals surface area contributed by atoms with Crippen LogP contribution in [0, 0.1) is 0 Å². The Morgan fingerprint density at radius 1 is 1.13 bits per heavy atom. The minimum atomic E-state index is -0.421. The van der Waals surface area contributed by atoms with Gasteiger partial charge >= 0.3 is 0 Å². The van der Waals surface area contributed by atoms with E-state index in [0.717, 1.165) is 0 Å². The van der Waals surface area contributed by atoms with E-state index >= 15 is 0 Å². The second-order valence-electron chi connectivity index (χ2n) is 4.97. The summed E-state index contributed by atoms with van der Waals surface area (Å²) in [5.41, 5.74) is 4.01. The number of carbonyl (C=O) groups is 2. The van der Waals surface area contributed by atoms with E-state index in [1.165, 1.54) is 12.4 Å². The predicted octanol–water partition coefficient (Wildman–Crippen LogP) is 2.35. The Bertz CT molecular complexity index is 854. The Kier molecular flexibility index (Phi) is 3.72. The van der Waals surface area contributed by atoms with Crippen molar-refractivity contribution in [2.75, 3.05) is 0 Å². The second-order valence-corrected chi connectivity index (χ2v) is 4.97. The lowest BCUT2D eigenvalue weighted by atomic mass is 10.1. The van der Waals surface area contributed by atoms with Crippen molar-refractivity contribution in [1.29, 1.82) is 0 Å². The number of aliphatic hydroxyl groups excluding tert-OH is 1. The standard InChI is InChI=1S/C17H13N3O3/c1-10(19-20-17(23)11-6-8-18-9-7-11)14-15(21)12-4-2-3-5-13(12)16(14)22/h2-9,21H,1H3,(H,20,23). The number of aromatic nitrogens is 1. The molecule has 1 aromatic carbocycles. The van der Waals surface area contributed by atoms with E-state index in [0.29, 0.717) is 16.7 Å². The summed E-state index contributed by atoms with van der Waals surface area (Å²) in [6, 6.07) is 9.87. The third-order valence-corrected chi connectivity index (χ3v) is 3.52. The molecule has 23 heavy (non-hydrogen) atoms. The van der Waals surface area contributed by atoms with Crippen molar-refractivity contribution in [2.45, 2.75) is 6.92 Å². The minimum absolute atomic E-state index is 0.0984. The zero-order valence-corrected chi connectivity index (χ0v) is 12.3. The molecule has 0 saturated carbocycles. The Balaban J connectivity index is 1.84. The topological polar surface area (TPSA) is 91.7 Å². The SMILES string of the molecule is CC(=NNC(=O)c1ccncc1)C1=C(O)c2ccccc2C1=O. The molecule has 6 heteroatoms. The lowest BCUT2D eigenvalue weighted by Crippen LogP contribution is -2.20. The summed E-state index contributed by atoms with van der Waals surface area (Å²) in [6.07, 6.45) is 2.99. The quantitative estimate of drug-likeness (QED) is 0.672. The zero-order chi connectivity index (χ0) is 16.4. The van der Waals surface area contributed by atoms with Gasteiger partial charge < -0.3 is 5.11 Å². The van der Waals surface area contributed by atoms with Gasteiger partial charge in [0.25, 0.3) is 5.91 Å². The van der Waals surface area contributed by atoms with Crippen molar-refractivity contribution in [2.24, 2.45) is 5.10 Å². The van der Waals surface area contributed by atoms with Crippen molar-refractivity contribution < 1.29 is 14.7 Å². The molecule has 6 nitrogen and oxygen atoms in total. The number of fused-ring (bicyclic) bond motifs is 1. The van der Waals surface area contributed by atoms with Crippen molar-refractivity contribution >= 4 is 23.2 Å². The number of hydrogen-bond donors (Lipinski definition) is 2. The van der Waals surface area contributed by atoms with Gasteiger partial charge in [-0.2, -0.15) is 5.10 Å². The summed E-state index contributed by atoms with van der Waals surface area (Å²) < 4.78 is 0. The van der Waals surface area contributed by atoms with Gasteiger partial charge in [0.15, 0.2) is 5.78 Å². The zero-order valence-electron chi connectivity index (χ0n) is 12.3. The Hall–Kier alpha value is -3.28. The fraction of sp³-hybridized carbons (Fsp3) is 0.0588. The Morgan fingerprint density at radius 2 is 1.78 bits per heavy atom. The number of ketones is 1. The van der Waals surface area contributed by atoms with E-state index in [4.69, 9.17) is 0 Å². The number of allylic oxidation sites excluding steroid dienone is 1. The van der Waals surface area contributed by atoms with Gasteiger partial charge in [0.1, 0.15) is 5.76 Å². The van der Waals surface area contributed by atoms with Crippen LogP contribution >= 0.6 is 0 Å². The lowest BCUT2D eigenvalue weighted by molar-refractivity contribution is 0.0953. The van der Waals surface area contributed by atoms with Crippen LogP contribution in [0.4, 0.5) is 0 Å². The molecule has 3 rings (SSSR count). The van der Waals surface area contributed by atoms with E-state index in [1.807, 2.05) is 0 Å². The molecule has 0 saturated heterocycles. The van der Waals surface area contributed by atoms with Crippen LogP contribution in [0.25, 0.3) is 5.76 Å². The van der Waals surface area contributed by atoms with Crippen LogP contribution in [0.15, 0.2) is 59.5 Å². The number of benzene rings is 1. The van der Waals surface area contributed by atoms with E-state index in [9.17, 15) is 14.7 Å². The van der Waals surface area contributed by atoms with Crippen LogP contribution in [0.2, 0.25) is 0 Å². The molecule has 0 radical (unpaired) electrons. The summed E-state index contributed by atoms with van der Waals surface area (Å²) in [6.45, 7) is 1.56. The largest absolute Gasteiger partial charge is 0.506 e. The van der Waals surface area contributed by atoms with Gasteiger partial charge in [0.2, 0.25) is 0 Å². The molecular weight excluding hydrogens is 294 g/mol. The number of amides is 1. The summed E-state index contributed by atoms with van der Waals surface area (Å²) in [5.74, 6) is -0.850. The van der Waals surface area contributed by atoms with E-state index < -0.39 is 5.91 Å². The summed E-state index contributed by atoms with van der Waals surface area (Å²) in [4.78, 5) is 28.1. The molecule has 2 aromatic rings. The number of carbonyl (C=O) groups excluding carboxylic acids is 2. The van der Waals surface area contributed by atoms with Crippen molar-refractivity contribution in [3.8, 4) is 0 Å². The van der Waals surface area contributed by atoms with Crippen molar-refractivity contribution in [3.63, 3.8) is 0 Å². The number of Topliss-reactive ketones (excluding diaryl/α,β-unsaturated/α-hetero) is 1. The van der Waals surface area contributed by atoms with Crippen LogP contribution in [0.3, 0.4) is 0 Å². The summed E-state index contributed by atoms with van der Waals surface area (Å²) in [7, 11) is 0. The number of rotatable bonds is 3. The number of nitrogens with zero attached hydrogens (tertiary/aromatic N) is 2. The number of pyridine rings is 1. The third-order valence-electron chi connectivity index (χ3n) is 3.52. The molecule has 0 aliphatic heterocycles. The van der Waals surface area contributed by atoms with Crippen LogP contribution in [0.5, 0.6) is 0 Å². The Morgan fingerprint density at radius 3 is 2.43 bits per heavy atom. The number of nitrogens with one attached hydrogen (secondary N) is 1. The van der Waals surface area contributed by atoms with Gasteiger partial charge in [-0.1, -0.05) is 24.3 Å². The van der Waals surface area contributed by atoms with Gasteiger partial charge in [-0.25, -0.2) is 5.43 Å². The minimum Gasteiger partial charge on any atom is -0.506 e. The highest BCUT2D eigenvalue weighted by molar-refractivity contribution is 6.35. The van der Waals surface area contributed by atoms with Crippen LogP contribution in [-0.4, -0.2) is 27.5 Å². The molecule has 1 aliphatic rings. The average molecular weight is 307 g/mol. The predicted molar refractivity (Wildman–Crippen MR) is 85.1 cm³/mol. The summed E-state index contributed by atoms with van der Waals surface area (Å²) >= 11 is 0. The van der Waals surface area contributed by atoms with Crippen LogP contribution in [0.1, 0.15) is 33.2 Å². The fourth-order valence-corrected chi connectivity index (χ4v) is 2.36. The highest BCUT2D eigenvalue weighted by Gasteiger charge is 2.31. The first-order chi connectivity index (χ1) is 11.1. The maximum atomic E-state index is 12.3. The van der Waals surface area contributed by atoms with Crippen LogP contribution < -0.4 is 5.43 Å². The molecule has 2 N–H and O–H groups in total. The highest BCUT2D eigenvalue weighted by Crippen LogP contribution is 2.31. The molecule has 1 amide bonds. The Labute approximate surface area is 132 Å². The van der Waals surface area contributed by atoms with Crippen LogP contribution in [-0.2, 0) is 0 Å². The molecule has 1 aromatic heterocycles. The van der Waals surface area contributed by atoms with Crippen molar-refractivity contribution in [3.05, 3.63) is 71.1 Å². The molecule has 0 atom stereocenters. The molecule has 1 heterocycles. The normalized spacial score (nSPS) is 14.0. The van der Waals surface area contributed by atoms with Gasteiger partial charge in [-0.15, -0.1) is 0 Å². The number of hydrazone groups is 1. The maximum absolute atomic E-state index is 12.3. The fourth-order valence-electron chi connectivity index (χ4n) is 2.36. The maximum Gasteiger partial charge on any atom is 0.271 e. The molecule has 0 fully saturated rings. The molecular formula is C17H13N3O3. The van der Waals surface area contributed by atoms with Gasteiger partial charge in [-0.05, 0) is 19.1 Å². The molecule has 1 aliphatic carbocycles. The van der Waals surface area contributed by atoms with Gasteiger partial charge in [-0.3, -0.25) is 14.6 Å². The average Bonchev–Trinajstić information content (AvgIpc) is 2.85. The molecule has 0 spiro atoms. The van der Waals surface area contributed by atoms with E-state index in [2.05, 4.69) is 15.5 Å². The highest BCUT2D eigenvalue weighted by atomic mass is 16.3. The van der Waals surface area contributed by atoms with Gasteiger partial charge in [0.05, 0.1) is 11.3 Å². The number of hydrogen-bond acceptors (Lipinski definition) is 5. The molecule has 0 bridgehead atoms. The third kappa shape index (κ3) is 2.62. The molecule has 114 valence electrons. The van der Waals surface area contributed by atoms with E-state index in [-0.39, 0.29) is 22.8 Å². The monoisotopic (exact) mass is 307 g/mol. The summed E-state index contributed by atoms with van der Waals surface area (Å²) in [5, 5.41) is 14.1. The smallest absolute Gasteiger partial charge is 0.271 e. The van der Waals surface area contributed by atoms with Crippen molar-refractivity contribution in [1.82, 2.24) is 10.4 Å². The second kappa shape index (κ2) is 5.84. The number of aliphatic hydroxyl groups is 1. The first-order valence-electron chi connectivity index (χ1n) is 6.92. The first kappa shape index (κ1) is 14.6. The lowest BCUT2D eigenvalue weighted by Gasteiger charge is -2.03. The van der Waals surface area contributed by atoms with Gasteiger partial charge in [0, 0.05) is 29.1 Å². The first-order valence-corrected chi connectivity index (χ1v) is 6.92. The molecule has 0 unspecified atom stereocenters. The van der Waals surface area contributed by atoms with E-state index in [1.54, 1.807) is 43.3 Å².